The van der Waals surface area contributed by atoms with Gasteiger partial charge in [0.15, 0.2) is 5.82 Å². The van der Waals surface area contributed by atoms with Crippen molar-refractivity contribution in [2.24, 2.45) is 0 Å². The Kier molecular flexibility index (Phi) is 7.23. The first-order chi connectivity index (χ1) is 21.5. The number of alkyl halides is 3. The van der Waals surface area contributed by atoms with Crippen LogP contribution in [0.4, 0.5) is 32.8 Å². The van der Waals surface area contributed by atoms with Gasteiger partial charge in [0.25, 0.3) is 0 Å². The van der Waals surface area contributed by atoms with Crippen LogP contribution in [-0.4, -0.2) is 65.7 Å². The van der Waals surface area contributed by atoms with Crippen LogP contribution in [0.25, 0.3) is 32.1 Å². The number of fused-ring (bicyclic) bond motifs is 4. The number of nitrogen functional groups attached to an aromatic ring is 1. The summed E-state index contributed by atoms with van der Waals surface area (Å²) in [6, 6.07) is 4.40. The number of hydrogen-bond donors (Lipinski definition) is 3. The maximum Gasteiger partial charge on any atom is 0.417 e. The van der Waals surface area contributed by atoms with E-state index in [1.165, 1.54) is 0 Å². The summed E-state index contributed by atoms with van der Waals surface area (Å²) < 4.78 is 87.0. The number of aromatic nitrogens is 2. The first-order valence-electron chi connectivity index (χ1n) is 14.4. The number of hydrogen-bond acceptors (Lipinski definition) is 10. The molecule has 0 spiro atoms. The van der Waals surface area contributed by atoms with Crippen molar-refractivity contribution < 1.29 is 36.5 Å². The number of anilines is 2. The van der Waals surface area contributed by atoms with E-state index in [0.717, 1.165) is 31.0 Å². The van der Waals surface area contributed by atoms with Gasteiger partial charge < -0.3 is 30.5 Å². The number of halogens is 5. The van der Waals surface area contributed by atoms with E-state index in [2.05, 4.69) is 15.3 Å². The smallest absolute Gasteiger partial charge is 0.417 e. The molecular weight excluding hydrogens is 619 g/mol. The molecule has 0 radical (unpaired) electrons. The maximum atomic E-state index is 16.8. The lowest BCUT2D eigenvalue weighted by Crippen LogP contribution is -2.51. The number of ether oxygens (including phenoxy) is 2. The van der Waals surface area contributed by atoms with E-state index in [4.69, 9.17) is 15.2 Å². The summed E-state index contributed by atoms with van der Waals surface area (Å²) in [6.45, 7) is 1.24. The minimum absolute atomic E-state index is 0.0741. The molecule has 4 N–H and O–H groups in total. The fourth-order valence-corrected chi connectivity index (χ4v) is 7.51. The van der Waals surface area contributed by atoms with Crippen molar-refractivity contribution >= 4 is 43.1 Å². The molecule has 5 heterocycles. The molecule has 3 aliphatic heterocycles. The first kappa shape index (κ1) is 29.8. The fraction of sp³-hybridized carbons (Fsp3) is 0.433. The van der Waals surface area contributed by atoms with Crippen molar-refractivity contribution in [2.45, 2.75) is 49.5 Å². The van der Waals surface area contributed by atoms with Gasteiger partial charge in [0.05, 0.1) is 15.8 Å². The number of piperazine rings is 1. The van der Waals surface area contributed by atoms with Gasteiger partial charge in [-0.25, -0.2) is 8.78 Å². The Morgan fingerprint density at radius 3 is 2.56 bits per heavy atom. The number of benzene rings is 2. The number of nitrogens with one attached hydrogen (secondary N) is 1. The van der Waals surface area contributed by atoms with Gasteiger partial charge in [-0.15, -0.1) is 11.3 Å². The molecule has 3 fully saturated rings. The van der Waals surface area contributed by atoms with E-state index in [1.54, 1.807) is 0 Å². The summed E-state index contributed by atoms with van der Waals surface area (Å²) in [5.74, 6) is -2.07. The normalized spacial score (nSPS) is 21.4. The van der Waals surface area contributed by atoms with Gasteiger partial charge in [0.2, 0.25) is 0 Å². The summed E-state index contributed by atoms with van der Waals surface area (Å²) in [5.41, 5.74) is 1.42. The van der Waals surface area contributed by atoms with Crippen LogP contribution in [0.15, 0.2) is 18.2 Å². The van der Waals surface area contributed by atoms with Crippen LogP contribution >= 0.6 is 11.3 Å². The van der Waals surface area contributed by atoms with Crippen LogP contribution in [-0.2, 0) is 10.9 Å². The Morgan fingerprint density at radius 1 is 1.18 bits per heavy atom. The lowest BCUT2D eigenvalue weighted by Gasteiger charge is -2.35. The number of aliphatic hydroxyl groups is 1. The average Bonchev–Trinajstić information content (AvgIpc) is 3.53. The standard InChI is InChI=1S/C30H27F5N6O3S/c31-20-4-3-16(21-18(10-36)26(37)45-25(20)21)22-19(30(33,34)35)9-17-24(23(22)32)39-28(44-13-29(42)5-7-43-8-6-29)40-27(17)41-11-14-1-2-15(12-41)38-14/h3-4,9,14-15,38,42H,1-2,5-8,11-13,37H2. The second-order valence-corrected chi connectivity index (χ2v) is 12.8. The zero-order chi connectivity index (χ0) is 31.7. The summed E-state index contributed by atoms with van der Waals surface area (Å²) in [7, 11) is 0. The SMILES string of the molecule is N#Cc1c(N)sc2c(F)ccc(-c3c(C(F)(F)F)cc4c(N5CC6CCC(C5)N6)nc(OCC5(O)CCOCC5)nc4c3F)c12. The monoisotopic (exact) mass is 646 g/mol. The minimum atomic E-state index is -5.05. The molecule has 2 aromatic carbocycles. The predicted octanol–water partition coefficient (Wildman–Crippen LogP) is 5.12. The van der Waals surface area contributed by atoms with Crippen molar-refractivity contribution in [3.05, 3.63) is 41.0 Å². The molecule has 2 bridgehead atoms. The van der Waals surface area contributed by atoms with Crippen molar-refractivity contribution in [3.8, 4) is 23.2 Å². The highest BCUT2D eigenvalue weighted by Crippen LogP contribution is 2.48. The molecule has 45 heavy (non-hydrogen) atoms. The van der Waals surface area contributed by atoms with Crippen LogP contribution < -0.4 is 20.7 Å². The number of thiophene rings is 1. The molecule has 9 nitrogen and oxygen atoms in total. The Hall–Kier alpha value is -3.84. The van der Waals surface area contributed by atoms with Crippen molar-refractivity contribution in [3.63, 3.8) is 0 Å². The van der Waals surface area contributed by atoms with Crippen LogP contribution in [0.3, 0.4) is 0 Å². The number of rotatable bonds is 5. The van der Waals surface area contributed by atoms with Gasteiger partial charge >= 0.3 is 12.2 Å². The highest BCUT2D eigenvalue weighted by molar-refractivity contribution is 7.23. The molecule has 2 aromatic heterocycles. The van der Waals surface area contributed by atoms with Crippen LogP contribution in [0.5, 0.6) is 6.01 Å². The molecule has 0 aliphatic carbocycles. The third kappa shape index (κ3) is 5.19. The zero-order valence-electron chi connectivity index (χ0n) is 23.7. The Labute approximate surface area is 257 Å². The molecule has 3 aliphatic rings. The van der Waals surface area contributed by atoms with E-state index in [0.29, 0.717) is 37.6 Å². The molecule has 0 amide bonds. The highest BCUT2D eigenvalue weighted by atomic mass is 32.1. The van der Waals surface area contributed by atoms with E-state index < -0.39 is 40.1 Å². The highest BCUT2D eigenvalue weighted by Gasteiger charge is 2.40. The molecule has 3 saturated heterocycles. The molecule has 236 valence electrons. The van der Waals surface area contributed by atoms with E-state index in [1.807, 2.05) is 11.0 Å². The Morgan fingerprint density at radius 2 is 1.89 bits per heavy atom. The minimum Gasteiger partial charge on any atom is -0.460 e. The third-order valence-corrected chi connectivity index (χ3v) is 9.83. The van der Waals surface area contributed by atoms with Gasteiger partial charge in [-0.05, 0) is 30.5 Å². The van der Waals surface area contributed by atoms with E-state index in [-0.39, 0.29) is 75.0 Å². The summed E-state index contributed by atoms with van der Waals surface area (Å²) in [5, 5.41) is 23.7. The molecule has 4 aromatic rings. The van der Waals surface area contributed by atoms with Gasteiger partial charge in [-0.2, -0.15) is 28.4 Å². The summed E-state index contributed by atoms with van der Waals surface area (Å²) in [4.78, 5) is 10.5. The predicted molar refractivity (Wildman–Crippen MR) is 157 cm³/mol. The number of nitrogens with two attached hydrogens (primary N) is 1. The van der Waals surface area contributed by atoms with E-state index in [9.17, 15) is 27.9 Å². The van der Waals surface area contributed by atoms with Crippen LogP contribution in [0, 0.1) is 23.0 Å². The van der Waals surface area contributed by atoms with Gasteiger partial charge in [0.1, 0.15) is 40.4 Å². The van der Waals surface area contributed by atoms with Gasteiger partial charge in [-0.1, -0.05) is 6.07 Å². The quantitative estimate of drug-likeness (QED) is 0.253. The Bertz CT molecular complexity index is 1860. The largest absolute Gasteiger partial charge is 0.460 e. The summed E-state index contributed by atoms with van der Waals surface area (Å²) in [6.07, 6.45) is -2.73. The summed E-state index contributed by atoms with van der Waals surface area (Å²) >= 11 is 0.697. The Balaban J connectivity index is 1.47. The number of nitriles is 1. The second kappa shape index (κ2) is 10.9. The molecular formula is C30H27F5N6O3S. The average molecular weight is 647 g/mol. The van der Waals surface area contributed by atoms with Crippen LogP contribution in [0.1, 0.15) is 36.8 Å². The lowest BCUT2D eigenvalue weighted by atomic mass is 9.92. The van der Waals surface area contributed by atoms with Crippen molar-refractivity contribution in [2.75, 3.05) is 43.5 Å². The maximum absolute atomic E-state index is 16.8. The van der Waals surface area contributed by atoms with Gasteiger partial charge in [0, 0.05) is 67.6 Å². The fourth-order valence-electron chi connectivity index (χ4n) is 6.56. The lowest BCUT2D eigenvalue weighted by molar-refractivity contribution is -0.137. The zero-order valence-corrected chi connectivity index (χ0v) is 24.5. The van der Waals surface area contributed by atoms with Crippen molar-refractivity contribution in [1.29, 1.82) is 5.26 Å². The van der Waals surface area contributed by atoms with E-state index >= 15 is 4.39 Å². The third-order valence-electron chi connectivity index (χ3n) is 8.80. The molecule has 0 saturated carbocycles. The van der Waals surface area contributed by atoms with Crippen LogP contribution in [0.2, 0.25) is 0 Å². The van der Waals surface area contributed by atoms with Gasteiger partial charge in [-0.3, -0.25) is 0 Å². The second-order valence-electron chi connectivity index (χ2n) is 11.8. The molecule has 15 heteroatoms. The molecule has 2 atom stereocenters. The molecule has 7 rings (SSSR count). The van der Waals surface area contributed by atoms with Crippen molar-refractivity contribution in [1.82, 2.24) is 15.3 Å². The number of nitrogens with zero attached hydrogens (tertiary/aromatic N) is 4. The topological polar surface area (TPSA) is 130 Å². The molecule has 2 unspecified atom stereocenters. The first-order valence-corrected chi connectivity index (χ1v) is 15.2.